The van der Waals surface area contributed by atoms with Crippen LogP contribution in [-0.4, -0.2) is 11.2 Å². The molecule has 2 rings (SSSR count). The van der Waals surface area contributed by atoms with Gasteiger partial charge in [0, 0.05) is 0 Å². The van der Waals surface area contributed by atoms with Gasteiger partial charge in [-0.1, -0.05) is 19.4 Å². The van der Waals surface area contributed by atoms with Crippen molar-refractivity contribution in [2.24, 2.45) is 5.92 Å². The lowest BCUT2D eigenvalue weighted by Crippen LogP contribution is -2.24. The van der Waals surface area contributed by atoms with E-state index in [0.29, 0.717) is 11.3 Å². The lowest BCUT2D eigenvalue weighted by Gasteiger charge is -2.28. The first-order chi connectivity index (χ1) is 9.10. The highest BCUT2D eigenvalue weighted by atomic mass is 19.1. The zero-order valence-corrected chi connectivity index (χ0v) is 11.7. The molecule has 2 nitrogen and oxygen atoms in total. The smallest absolute Gasteiger partial charge is 0.165 e. The van der Waals surface area contributed by atoms with E-state index in [-0.39, 0.29) is 11.9 Å². The van der Waals surface area contributed by atoms with Gasteiger partial charge in [-0.2, -0.15) is 0 Å². The van der Waals surface area contributed by atoms with E-state index in [1.54, 1.807) is 19.1 Å². The van der Waals surface area contributed by atoms with Gasteiger partial charge in [0.25, 0.3) is 0 Å². The maximum Gasteiger partial charge on any atom is 0.165 e. The van der Waals surface area contributed by atoms with Gasteiger partial charge >= 0.3 is 0 Å². The lowest BCUT2D eigenvalue weighted by molar-refractivity contribution is 0.125. The Morgan fingerprint density at radius 3 is 2.53 bits per heavy atom. The Morgan fingerprint density at radius 2 is 2.00 bits per heavy atom. The Labute approximate surface area is 114 Å². The number of benzene rings is 1. The second-order valence-electron chi connectivity index (χ2n) is 5.53. The van der Waals surface area contributed by atoms with Gasteiger partial charge in [-0.15, -0.1) is 0 Å². The fourth-order valence-corrected chi connectivity index (χ4v) is 2.71. The number of hydrogen-bond acceptors (Lipinski definition) is 2. The predicted octanol–water partition coefficient (Wildman–Crippen LogP) is 4.23. The van der Waals surface area contributed by atoms with Gasteiger partial charge in [-0.25, -0.2) is 4.39 Å². The van der Waals surface area contributed by atoms with E-state index in [2.05, 4.69) is 6.92 Å². The summed E-state index contributed by atoms with van der Waals surface area (Å²) in [6, 6.07) is 4.71. The number of hydrogen-bond donors (Lipinski definition) is 1. The van der Waals surface area contributed by atoms with E-state index < -0.39 is 6.10 Å². The maximum atomic E-state index is 13.9. The summed E-state index contributed by atoms with van der Waals surface area (Å²) in [5.74, 6) is 0.739. The first kappa shape index (κ1) is 14.3. The summed E-state index contributed by atoms with van der Waals surface area (Å²) in [7, 11) is 0. The third kappa shape index (κ3) is 3.69. The molecule has 3 heteroatoms. The maximum absolute atomic E-state index is 13.9. The van der Waals surface area contributed by atoms with Crippen LogP contribution in [0.4, 0.5) is 4.39 Å². The fraction of sp³-hybridized carbons (Fsp3) is 0.625. The number of aliphatic hydroxyl groups excluding tert-OH is 1. The van der Waals surface area contributed by atoms with Crippen molar-refractivity contribution in [2.75, 3.05) is 0 Å². The van der Waals surface area contributed by atoms with Gasteiger partial charge in [0.05, 0.1) is 12.2 Å². The highest BCUT2D eigenvalue weighted by Crippen LogP contribution is 2.30. The minimum absolute atomic E-state index is 0.134. The Hall–Kier alpha value is -1.09. The average Bonchev–Trinajstić information content (AvgIpc) is 2.41. The summed E-state index contributed by atoms with van der Waals surface area (Å²) < 4.78 is 19.6. The van der Waals surface area contributed by atoms with Gasteiger partial charge < -0.3 is 9.84 Å². The second kappa shape index (κ2) is 6.38. The number of aliphatic hydroxyl groups is 1. The van der Waals surface area contributed by atoms with E-state index in [1.807, 2.05) is 0 Å². The molecular weight excluding hydrogens is 243 g/mol. The standard InChI is InChI=1S/C16H23FO2/c1-3-12-4-7-14(8-5-12)19-16-9-6-13(11(2)18)10-15(16)17/h6,9-12,14,18H,3-5,7-8H2,1-2H3/t11-,12?,14?/m0/s1. The van der Waals surface area contributed by atoms with Gasteiger partial charge in [0.1, 0.15) is 0 Å². The van der Waals surface area contributed by atoms with Gasteiger partial charge in [0.2, 0.25) is 0 Å². The van der Waals surface area contributed by atoms with Gasteiger partial charge in [-0.05, 0) is 56.2 Å². The van der Waals surface area contributed by atoms with Crippen molar-refractivity contribution in [3.05, 3.63) is 29.6 Å². The molecule has 0 spiro atoms. The molecule has 106 valence electrons. The third-order valence-electron chi connectivity index (χ3n) is 4.10. The van der Waals surface area contributed by atoms with Crippen molar-refractivity contribution >= 4 is 0 Å². The quantitative estimate of drug-likeness (QED) is 0.883. The van der Waals surface area contributed by atoms with Gasteiger partial charge in [-0.3, -0.25) is 0 Å². The summed E-state index contributed by atoms with van der Waals surface area (Å²) in [5, 5.41) is 9.41. The van der Waals surface area contributed by atoms with E-state index in [1.165, 1.54) is 25.3 Å². The largest absolute Gasteiger partial charge is 0.487 e. The molecule has 1 N–H and O–H groups in total. The monoisotopic (exact) mass is 266 g/mol. The molecule has 0 unspecified atom stereocenters. The zero-order chi connectivity index (χ0) is 13.8. The first-order valence-electron chi connectivity index (χ1n) is 7.24. The molecule has 1 atom stereocenters. The molecule has 1 aromatic rings. The van der Waals surface area contributed by atoms with Crippen molar-refractivity contribution in [1.29, 1.82) is 0 Å². The molecule has 0 saturated heterocycles. The molecule has 0 aliphatic heterocycles. The molecule has 1 fully saturated rings. The highest BCUT2D eigenvalue weighted by Gasteiger charge is 2.22. The minimum Gasteiger partial charge on any atom is -0.487 e. The zero-order valence-electron chi connectivity index (χ0n) is 11.7. The molecule has 0 bridgehead atoms. The molecule has 1 aromatic carbocycles. The molecule has 19 heavy (non-hydrogen) atoms. The molecule has 0 heterocycles. The number of rotatable bonds is 4. The summed E-state index contributed by atoms with van der Waals surface area (Å²) >= 11 is 0. The van der Waals surface area contributed by atoms with Crippen LogP contribution in [0.3, 0.4) is 0 Å². The number of halogens is 1. The normalized spacial score (nSPS) is 25.1. The van der Waals surface area contributed by atoms with Crippen molar-refractivity contribution in [3.8, 4) is 5.75 Å². The van der Waals surface area contributed by atoms with Crippen LogP contribution in [0.15, 0.2) is 18.2 Å². The van der Waals surface area contributed by atoms with E-state index in [4.69, 9.17) is 4.74 Å². The van der Waals surface area contributed by atoms with E-state index in [9.17, 15) is 9.50 Å². The molecule has 0 radical (unpaired) electrons. The lowest BCUT2D eigenvalue weighted by atomic mass is 9.86. The molecular formula is C16H23FO2. The van der Waals surface area contributed by atoms with E-state index in [0.717, 1.165) is 18.8 Å². The van der Waals surface area contributed by atoms with Gasteiger partial charge in [0.15, 0.2) is 11.6 Å². The van der Waals surface area contributed by atoms with Crippen molar-refractivity contribution in [1.82, 2.24) is 0 Å². The summed E-state index contributed by atoms with van der Waals surface area (Å²) in [6.07, 6.45) is 5.08. The summed E-state index contributed by atoms with van der Waals surface area (Å²) in [4.78, 5) is 0. The topological polar surface area (TPSA) is 29.5 Å². The van der Waals surface area contributed by atoms with Crippen molar-refractivity contribution in [2.45, 2.75) is 58.2 Å². The molecule has 1 aliphatic carbocycles. The molecule has 1 saturated carbocycles. The summed E-state index contributed by atoms with van der Waals surface area (Å²) in [6.45, 7) is 3.85. The van der Waals surface area contributed by atoms with Crippen molar-refractivity contribution in [3.63, 3.8) is 0 Å². The molecule has 1 aliphatic rings. The van der Waals surface area contributed by atoms with Crippen LogP contribution < -0.4 is 4.74 Å². The van der Waals surface area contributed by atoms with Crippen LogP contribution in [0.2, 0.25) is 0 Å². The van der Waals surface area contributed by atoms with Crippen LogP contribution >= 0.6 is 0 Å². The van der Waals surface area contributed by atoms with Crippen LogP contribution in [-0.2, 0) is 0 Å². The first-order valence-corrected chi connectivity index (χ1v) is 7.24. The average molecular weight is 266 g/mol. The highest BCUT2D eigenvalue weighted by molar-refractivity contribution is 5.30. The van der Waals surface area contributed by atoms with Crippen molar-refractivity contribution < 1.29 is 14.2 Å². The second-order valence-corrected chi connectivity index (χ2v) is 5.53. The Morgan fingerprint density at radius 1 is 1.32 bits per heavy atom. The van der Waals surface area contributed by atoms with E-state index >= 15 is 0 Å². The molecule has 0 aromatic heterocycles. The Kier molecular flexibility index (Phi) is 4.81. The SMILES string of the molecule is CCC1CCC(Oc2ccc([C@H](C)O)cc2F)CC1. The number of ether oxygens (including phenoxy) is 1. The van der Waals surface area contributed by atoms with Crippen LogP contribution in [0.25, 0.3) is 0 Å². The molecule has 0 amide bonds. The predicted molar refractivity (Wildman–Crippen MR) is 73.7 cm³/mol. The Balaban J connectivity index is 1.96. The van der Waals surface area contributed by atoms with Crippen LogP contribution in [0.5, 0.6) is 5.75 Å². The van der Waals surface area contributed by atoms with Crippen LogP contribution in [0, 0.1) is 11.7 Å². The Bertz CT molecular complexity index is 409. The van der Waals surface area contributed by atoms with Crippen LogP contribution in [0.1, 0.15) is 57.6 Å². The third-order valence-corrected chi connectivity index (χ3v) is 4.10. The summed E-state index contributed by atoms with van der Waals surface area (Å²) in [5.41, 5.74) is 0.583. The minimum atomic E-state index is -0.649. The fourth-order valence-electron chi connectivity index (χ4n) is 2.71.